The zero-order valence-corrected chi connectivity index (χ0v) is 18.9. The molecule has 1 aromatic heterocycles. The van der Waals surface area contributed by atoms with Gasteiger partial charge in [-0.25, -0.2) is 4.79 Å². The summed E-state index contributed by atoms with van der Waals surface area (Å²) in [5, 5.41) is 1.61. The maximum absolute atomic E-state index is 12.6. The number of likely N-dealkylation sites (tertiary alicyclic amines) is 1. The summed E-state index contributed by atoms with van der Waals surface area (Å²) < 4.78 is 12.0. The van der Waals surface area contributed by atoms with Crippen molar-refractivity contribution in [2.45, 2.75) is 51.2 Å². The molecule has 0 unspecified atom stereocenters. The second-order valence-electron chi connectivity index (χ2n) is 9.26. The Morgan fingerprint density at radius 1 is 1.03 bits per heavy atom. The first-order valence-corrected chi connectivity index (χ1v) is 12.0. The Labute approximate surface area is 192 Å². The van der Waals surface area contributed by atoms with E-state index in [1.165, 1.54) is 5.56 Å². The zero-order chi connectivity index (χ0) is 21.7. The normalized spacial score (nSPS) is 19.7. The number of ether oxygens (including phenoxy) is 1. The molecule has 0 bridgehead atoms. The molecule has 1 saturated heterocycles. The first-order valence-electron chi connectivity index (χ1n) is 11.6. The molecular formula is C26H27ClN2O3. The van der Waals surface area contributed by atoms with Gasteiger partial charge in [-0.15, -0.1) is 0 Å². The fourth-order valence-electron chi connectivity index (χ4n) is 5.64. The minimum atomic E-state index is -0.194. The van der Waals surface area contributed by atoms with E-state index >= 15 is 0 Å². The van der Waals surface area contributed by atoms with Crippen LogP contribution in [0, 0.1) is 0 Å². The highest BCUT2D eigenvalue weighted by molar-refractivity contribution is 6.33. The maximum atomic E-state index is 12.6. The second kappa shape index (κ2) is 8.22. The lowest BCUT2D eigenvalue weighted by Crippen LogP contribution is -2.47. The van der Waals surface area contributed by atoms with Gasteiger partial charge in [0.15, 0.2) is 0 Å². The lowest BCUT2D eigenvalue weighted by atomic mass is 9.99. The highest BCUT2D eigenvalue weighted by Gasteiger charge is 2.32. The van der Waals surface area contributed by atoms with Crippen molar-refractivity contribution < 1.29 is 9.15 Å². The van der Waals surface area contributed by atoms with Crippen LogP contribution in [-0.4, -0.2) is 35.7 Å². The molecule has 0 amide bonds. The van der Waals surface area contributed by atoms with Gasteiger partial charge in [-0.2, -0.15) is 0 Å². The lowest BCUT2D eigenvalue weighted by molar-refractivity contribution is 0.0245. The quantitative estimate of drug-likeness (QED) is 0.539. The Kier molecular flexibility index (Phi) is 5.21. The van der Waals surface area contributed by atoms with Crippen molar-refractivity contribution in [3.8, 4) is 5.75 Å². The molecule has 1 aliphatic carbocycles. The summed E-state index contributed by atoms with van der Waals surface area (Å²) in [5.74, 6) is 0.679. The fraction of sp³-hybridized carbons (Fsp3) is 0.423. The van der Waals surface area contributed by atoms with Gasteiger partial charge < -0.3 is 9.15 Å². The molecule has 0 N–H and O–H groups in total. The van der Waals surface area contributed by atoms with Crippen molar-refractivity contribution in [1.82, 2.24) is 9.80 Å². The molecule has 6 heteroatoms. The number of fused-ring (bicyclic) bond motifs is 5. The SMILES string of the molecule is O=c1oc2c3c(c(Cl)cc2c2c1CCC2)OCN(C1CCN(Cc2ccccc2)CC1)C3. The zero-order valence-electron chi connectivity index (χ0n) is 18.1. The smallest absolute Gasteiger partial charge is 0.339 e. The Balaban J connectivity index is 1.23. The molecule has 5 nitrogen and oxygen atoms in total. The molecule has 0 radical (unpaired) electrons. The predicted molar refractivity (Wildman–Crippen MR) is 125 cm³/mol. The van der Waals surface area contributed by atoms with Gasteiger partial charge in [0.25, 0.3) is 0 Å². The molecule has 1 fully saturated rings. The maximum Gasteiger partial charge on any atom is 0.339 e. The first kappa shape index (κ1) is 20.3. The highest BCUT2D eigenvalue weighted by atomic mass is 35.5. The van der Waals surface area contributed by atoms with Crippen molar-refractivity contribution in [1.29, 1.82) is 0 Å². The number of halogens is 1. The average Bonchev–Trinajstić information content (AvgIpc) is 3.32. The van der Waals surface area contributed by atoms with Crippen LogP contribution in [0.4, 0.5) is 0 Å². The van der Waals surface area contributed by atoms with Gasteiger partial charge >= 0.3 is 5.63 Å². The van der Waals surface area contributed by atoms with Gasteiger partial charge in [-0.1, -0.05) is 41.9 Å². The molecule has 3 aromatic rings. The minimum absolute atomic E-state index is 0.194. The van der Waals surface area contributed by atoms with Gasteiger partial charge in [-0.3, -0.25) is 9.80 Å². The number of benzene rings is 2. The van der Waals surface area contributed by atoms with Crippen molar-refractivity contribution in [2.24, 2.45) is 0 Å². The fourth-order valence-corrected chi connectivity index (χ4v) is 5.92. The number of rotatable bonds is 3. The van der Waals surface area contributed by atoms with E-state index in [9.17, 15) is 4.79 Å². The van der Waals surface area contributed by atoms with Crippen LogP contribution in [0.5, 0.6) is 5.75 Å². The van der Waals surface area contributed by atoms with E-state index in [0.29, 0.717) is 35.7 Å². The Bertz CT molecular complexity index is 1220. The molecule has 0 atom stereocenters. The van der Waals surface area contributed by atoms with E-state index in [2.05, 4.69) is 40.1 Å². The minimum Gasteiger partial charge on any atom is -0.476 e. The lowest BCUT2D eigenvalue weighted by Gasteiger charge is -2.40. The van der Waals surface area contributed by atoms with Crippen molar-refractivity contribution in [3.05, 3.63) is 74.1 Å². The largest absolute Gasteiger partial charge is 0.476 e. The predicted octanol–water partition coefficient (Wildman–Crippen LogP) is 4.75. The molecule has 3 heterocycles. The van der Waals surface area contributed by atoms with E-state index in [-0.39, 0.29) is 5.63 Å². The summed E-state index contributed by atoms with van der Waals surface area (Å²) in [6.07, 6.45) is 4.91. The van der Waals surface area contributed by atoms with Crippen LogP contribution in [0.2, 0.25) is 5.02 Å². The average molecular weight is 451 g/mol. The van der Waals surface area contributed by atoms with E-state index in [1.54, 1.807) is 0 Å². The highest BCUT2D eigenvalue weighted by Crippen LogP contribution is 2.41. The van der Waals surface area contributed by atoms with Crippen LogP contribution in [0.25, 0.3) is 11.0 Å². The Morgan fingerprint density at radius 2 is 1.81 bits per heavy atom. The van der Waals surface area contributed by atoms with Crippen molar-refractivity contribution in [3.63, 3.8) is 0 Å². The van der Waals surface area contributed by atoms with Crippen molar-refractivity contribution >= 4 is 22.6 Å². The van der Waals surface area contributed by atoms with Crippen LogP contribution in [-0.2, 0) is 25.9 Å². The third-order valence-electron chi connectivity index (χ3n) is 7.32. The summed E-state index contributed by atoms with van der Waals surface area (Å²) in [6.45, 7) is 4.38. The third kappa shape index (κ3) is 3.53. The van der Waals surface area contributed by atoms with Crippen LogP contribution in [0.15, 0.2) is 45.6 Å². The topological polar surface area (TPSA) is 45.9 Å². The van der Waals surface area contributed by atoms with Crippen LogP contribution in [0.3, 0.4) is 0 Å². The molecule has 0 saturated carbocycles. The molecule has 0 spiro atoms. The standard InChI is InChI=1S/C26H27ClN2O3/c27-23-13-21-19-7-4-8-20(19)26(30)32-24(21)22-15-29(16-31-25(22)23)18-9-11-28(12-10-18)14-17-5-2-1-3-6-17/h1-3,5-6,13,18H,4,7-12,14-16H2. The Morgan fingerprint density at radius 3 is 2.62 bits per heavy atom. The number of hydrogen-bond acceptors (Lipinski definition) is 5. The third-order valence-corrected chi connectivity index (χ3v) is 7.60. The Hall–Kier alpha value is -2.34. The number of piperidine rings is 1. The monoisotopic (exact) mass is 450 g/mol. The first-order chi connectivity index (χ1) is 15.7. The summed E-state index contributed by atoms with van der Waals surface area (Å²) in [4.78, 5) is 17.5. The van der Waals surface area contributed by atoms with Crippen LogP contribution >= 0.6 is 11.6 Å². The van der Waals surface area contributed by atoms with E-state index < -0.39 is 0 Å². The van der Waals surface area contributed by atoms with E-state index in [0.717, 1.165) is 73.8 Å². The number of hydrogen-bond donors (Lipinski definition) is 0. The molecule has 3 aliphatic rings. The van der Waals surface area contributed by atoms with E-state index in [1.807, 2.05) is 6.07 Å². The molecular weight excluding hydrogens is 424 g/mol. The van der Waals surface area contributed by atoms with Crippen molar-refractivity contribution in [2.75, 3.05) is 19.8 Å². The van der Waals surface area contributed by atoms with Gasteiger partial charge in [0.2, 0.25) is 0 Å². The molecule has 166 valence electrons. The summed E-state index contributed by atoms with van der Waals surface area (Å²) in [5.41, 5.74) is 4.71. The summed E-state index contributed by atoms with van der Waals surface area (Å²) in [6, 6.07) is 13.0. The molecule has 2 aromatic carbocycles. The summed E-state index contributed by atoms with van der Waals surface area (Å²) >= 11 is 6.62. The van der Waals surface area contributed by atoms with Gasteiger partial charge in [0, 0.05) is 30.1 Å². The molecule has 6 rings (SSSR count). The summed E-state index contributed by atoms with van der Waals surface area (Å²) in [7, 11) is 0. The van der Waals surface area contributed by atoms with Gasteiger partial charge in [0.05, 0.1) is 10.6 Å². The van der Waals surface area contributed by atoms with Crippen LogP contribution < -0.4 is 10.4 Å². The second-order valence-corrected chi connectivity index (χ2v) is 9.66. The number of aryl methyl sites for hydroxylation is 1. The van der Waals surface area contributed by atoms with Gasteiger partial charge in [0.1, 0.15) is 18.1 Å². The van der Waals surface area contributed by atoms with E-state index in [4.69, 9.17) is 20.8 Å². The molecule has 2 aliphatic heterocycles. The van der Waals surface area contributed by atoms with Gasteiger partial charge in [-0.05, 0) is 62.4 Å². The number of nitrogens with zero attached hydrogens (tertiary/aromatic N) is 2. The van der Waals surface area contributed by atoms with Crippen LogP contribution in [0.1, 0.15) is 41.5 Å². The molecule has 32 heavy (non-hydrogen) atoms.